The lowest BCUT2D eigenvalue weighted by molar-refractivity contribution is -0.105. The lowest BCUT2D eigenvalue weighted by atomic mass is 10.6. The Morgan fingerprint density at radius 3 is 1.90 bits per heavy atom. The minimum atomic E-state index is -4.30. The van der Waals surface area contributed by atoms with Gasteiger partial charge in [-0.1, -0.05) is 13.8 Å². The fraction of sp³-hybridized carbons (Fsp3) is 1.00. The first-order chi connectivity index (χ1) is 4.33. The van der Waals surface area contributed by atoms with E-state index >= 15 is 0 Å². The summed E-state index contributed by atoms with van der Waals surface area (Å²) in [4.78, 5) is 0. The van der Waals surface area contributed by atoms with Crippen LogP contribution in [0.5, 0.6) is 0 Å². The molecule has 10 heavy (non-hydrogen) atoms. The van der Waals surface area contributed by atoms with Gasteiger partial charge < -0.3 is 0 Å². The Kier molecular flexibility index (Phi) is 3.35. The van der Waals surface area contributed by atoms with Crippen LogP contribution in [0.25, 0.3) is 0 Å². The van der Waals surface area contributed by atoms with Crippen molar-refractivity contribution in [1.82, 2.24) is 0 Å². The van der Waals surface area contributed by atoms with Crippen molar-refractivity contribution in [2.45, 2.75) is 25.3 Å². The molecule has 0 aromatic heterocycles. The Labute approximate surface area is 60.1 Å². The summed E-state index contributed by atoms with van der Waals surface area (Å²) < 4.78 is 45.0. The van der Waals surface area contributed by atoms with Crippen molar-refractivity contribution in [2.24, 2.45) is 0 Å². The molecule has 0 rings (SSSR count). The Morgan fingerprint density at radius 2 is 1.80 bits per heavy atom. The average molecular weight is 174 g/mol. The Balaban J connectivity index is 3.81. The zero-order valence-electron chi connectivity index (χ0n) is 5.73. The first-order valence-corrected chi connectivity index (χ1v) is 4.15. The molecule has 1 unspecified atom stereocenters. The summed E-state index contributed by atoms with van der Waals surface area (Å²) in [6.45, 7) is 3.00. The van der Waals surface area contributed by atoms with Gasteiger partial charge in [0.05, 0.1) is 0 Å². The van der Waals surface area contributed by atoms with E-state index in [1.54, 1.807) is 0 Å². The predicted octanol–water partition coefficient (Wildman–Crippen LogP) is 1.71. The third-order valence-corrected chi connectivity index (χ3v) is 2.50. The van der Waals surface area contributed by atoms with Gasteiger partial charge in [0.2, 0.25) is 0 Å². The molecule has 0 radical (unpaired) electrons. The molecule has 1 nitrogen and oxygen atoms in total. The number of halogens is 3. The zero-order chi connectivity index (χ0) is 8.36. The van der Waals surface area contributed by atoms with Gasteiger partial charge in [0.25, 0.3) is 0 Å². The molecule has 0 saturated heterocycles. The standard InChI is InChI=1S/C5H9F3OS/c1-4(2)10(9)3-5(6,7)8/h4H,3H2,1-2H3. The molecular formula is C5H9F3OS. The molecule has 0 bridgehead atoms. The molecule has 0 saturated carbocycles. The minimum Gasteiger partial charge on any atom is -0.259 e. The average Bonchev–Trinajstić information content (AvgIpc) is 1.60. The predicted molar refractivity (Wildman–Crippen MR) is 34.2 cm³/mol. The minimum absolute atomic E-state index is 0.415. The number of alkyl halides is 3. The van der Waals surface area contributed by atoms with E-state index in [9.17, 15) is 17.4 Å². The summed E-state index contributed by atoms with van der Waals surface area (Å²) in [6.07, 6.45) is -4.30. The van der Waals surface area contributed by atoms with Crippen LogP contribution in [0.2, 0.25) is 0 Å². The van der Waals surface area contributed by atoms with E-state index in [1.165, 1.54) is 13.8 Å². The van der Waals surface area contributed by atoms with Crippen LogP contribution in [0.3, 0.4) is 0 Å². The van der Waals surface area contributed by atoms with Gasteiger partial charge in [0, 0.05) is 16.0 Å². The number of rotatable bonds is 2. The van der Waals surface area contributed by atoms with E-state index in [4.69, 9.17) is 0 Å². The Morgan fingerprint density at radius 1 is 1.40 bits per heavy atom. The second-order valence-electron chi connectivity index (χ2n) is 2.19. The largest absolute Gasteiger partial charge is 0.400 e. The van der Waals surface area contributed by atoms with Crippen molar-refractivity contribution in [1.29, 1.82) is 0 Å². The van der Waals surface area contributed by atoms with Crippen LogP contribution in [0.15, 0.2) is 0 Å². The Hall–Kier alpha value is -0.0600. The maximum Gasteiger partial charge on any atom is 0.400 e. The van der Waals surface area contributed by atoms with E-state index in [1.807, 2.05) is 0 Å². The highest BCUT2D eigenvalue weighted by Crippen LogP contribution is 2.17. The maximum atomic E-state index is 11.5. The van der Waals surface area contributed by atoms with E-state index in [0.29, 0.717) is 0 Å². The van der Waals surface area contributed by atoms with Crippen LogP contribution in [-0.4, -0.2) is 21.4 Å². The van der Waals surface area contributed by atoms with E-state index in [2.05, 4.69) is 0 Å². The van der Waals surface area contributed by atoms with Gasteiger partial charge >= 0.3 is 6.18 Å². The summed E-state index contributed by atoms with van der Waals surface area (Å²) in [5.74, 6) is -1.19. The second-order valence-corrected chi connectivity index (χ2v) is 4.18. The van der Waals surface area contributed by atoms with E-state index in [-0.39, 0.29) is 0 Å². The van der Waals surface area contributed by atoms with Crippen LogP contribution in [0.1, 0.15) is 13.8 Å². The molecule has 0 fully saturated rings. The summed E-state index contributed by atoms with van der Waals surface area (Å²) in [7, 11) is -1.77. The van der Waals surface area contributed by atoms with Crippen LogP contribution < -0.4 is 0 Å². The molecule has 0 aromatic rings. The third-order valence-electron chi connectivity index (χ3n) is 0.832. The zero-order valence-corrected chi connectivity index (χ0v) is 6.55. The molecule has 1 atom stereocenters. The highest BCUT2D eigenvalue weighted by Gasteiger charge is 2.31. The number of hydrogen-bond donors (Lipinski definition) is 0. The van der Waals surface area contributed by atoms with Crippen LogP contribution >= 0.6 is 0 Å². The summed E-state index contributed by atoms with van der Waals surface area (Å²) >= 11 is 0. The maximum absolute atomic E-state index is 11.5. The molecule has 62 valence electrons. The molecule has 0 aliphatic heterocycles. The first-order valence-electron chi connectivity index (χ1n) is 2.77. The van der Waals surface area contributed by atoms with Crippen molar-refractivity contribution in [3.8, 4) is 0 Å². The topological polar surface area (TPSA) is 17.1 Å². The molecule has 0 aliphatic carbocycles. The SMILES string of the molecule is CC(C)S(=O)CC(F)(F)F. The van der Waals surface area contributed by atoms with Gasteiger partial charge in [-0.3, -0.25) is 4.21 Å². The van der Waals surface area contributed by atoms with E-state index < -0.39 is 28.0 Å². The molecule has 5 heteroatoms. The first kappa shape index (κ1) is 9.94. The molecular weight excluding hydrogens is 165 g/mol. The Bertz CT molecular complexity index is 129. The van der Waals surface area contributed by atoms with Crippen molar-refractivity contribution in [3.05, 3.63) is 0 Å². The fourth-order valence-corrected chi connectivity index (χ4v) is 0.984. The number of hydrogen-bond acceptors (Lipinski definition) is 1. The van der Waals surface area contributed by atoms with Gasteiger partial charge in [-0.05, 0) is 0 Å². The van der Waals surface area contributed by atoms with Gasteiger partial charge in [-0.25, -0.2) is 0 Å². The molecule has 0 N–H and O–H groups in total. The fourth-order valence-electron chi connectivity index (χ4n) is 0.328. The van der Waals surface area contributed by atoms with Crippen molar-refractivity contribution < 1.29 is 17.4 Å². The van der Waals surface area contributed by atoms with Crippen molar-refractivity contribution >= 4 is 10.8 Å². The molecule has 0 aliphatic rings. The monoisotopic (exact) mass is 174 g/mol. The lowest BCUT2D eigenvalue weighted by Crippen LogP contribution is -2.23. The molecule has 0 aromatic carbocycles. The summed E-state index contributed by atoms with van der Waals surface area (Å²) in [6, 6.07) is 0. The van der Waals surface area contributed by atoms with Gasteiger partial charge in [-0.2, -0.15) is 13.2 Å². The van der Waals surface area contributed by atoms with Crippen molar-refractivity contribution in [2.75, 3.05) is 5.75 Å². The van der Waals surface area contributed by atoms with Crippen LogP contribution in [-0.2, 0) is 10.8 Å². The van der Waals surface area contributed by atoms with Gasteiger partial charge in [-0.15, -0.1) is 0 Å². The second kappa shape index (κ2) is 3.37. The summed E-state index contributed by atoms with van der Waals surface area (Å²) in [5.41, 5.74) is 0. The van der Waals surface area contributed by atoms with E-state index in [0.717, 1.165) is 0 Å². The summed E-state index contributed by atoms with van der Waals surface area (Å²) in [5, 5.41) is -0.415. The van der Waals surface area contributed by atoms with Gasteiger partial charge in [0.15, 0.2) is 0 Å². The van der Waals surface area contributed by atoms with Gasteiger partial charge in [0.1, 0.15) is 5.75 Å². The molecule has 0 amide bonds. The lowest BCUT2D eigenvalue weighted by Gasteiger charge is -2.07. The highest BCUT2D eigenvalue weighted by atomic mass is 32.2. The smallest absolute Gasteiger partial charge is 0.259 e. The third kappa shape index (κ3) is 4.78. The highest BCUT2D eigenvalue weighted by molar-refractivity contribution is 7.85. The van der Waals surface area contributed by atoms with Crippen molar-refractivity contribution in [3.63, 3.8) is 0 Å². The van der Waals surface area contributed by atoms with Crippen LogP contribution in [0.4, 0.5) is 13.2 Å². The normalized spacial score (nSPS) is 15.8. The van der Waals surface area contributed by atoms with Crippen LogP contribution in [0, 0.1) is 0 Å². The molecule has 0 spiro atoms. The quantitative estimate of drug-likeness (QED) is 0.622. The molecule has 0 heterocycles.